The quantitative estimate of drug-likeness (QED) is 0.730. The van der Waals surface area contributed by atoms with Crippen LogP contribution in [0.25, 0.3) is 10.9 Å². The molecule has 0 N–H and O–H groups in total. The summed E-state index contributed by atoms with van der Waals surface area (Å²) in [7, 11) is 2.72. The highest BCUT2D eigenvalue weighted by atomic mass is 16.6. The molecule has 0 saturated carbocycles. The summed E-state index contributed by atoms with van der Waals surface area (Å²) in [6.45, 7) is 0. The minimum absolute atomic E-state index is 0.139. The minimum atomic E-state index is -0.548. The van der Waals surface area contributed by atoms with Crippen LogP contribution in [0.5, 0.6) is 0 Å². The zero-order valence-electron chi connectivity index (χ0n) is 9.43. The van der Waals surface area contributed by atoms with E-state index in [-0.39, 0.29) is 11.3 Å². The molecule has 0 aliphatic carbocycles. The largest absolute Gasteiger partial charge is 0.465 e. The summed E-state index contributed by atoms with van der Waals surface area (Å²) in [5.41, 5.74) is 1.03. The van der Waals surface area contributed by atoms with Crippen molar-refractivity contribution in [2.24, 2.45) is 0 Å². The van der Waals surface area contributed by atoms with Crippen molar-refractivity contribution in [3.63, 3.8) is 0 Å². The van der Waals surface area contributed by atoms with Crippen LogP contribution in [0, 0.1) is 11.3 Å². The summed E-state index contributed by atoms with van der Waals surface area (Å²) >= 11 is 0. The topological polar surface area (TPSA) is 64.2 Å². The molecule has 0 atom stereocenters. The van der Waals surface area contributed by atoms with E-state index in [1.165, 1.54) is 19.0 Å². The van der Waals surface area contributed by atoms with Crippen LogP contribution in [0.15, 0.2) is 24.3 Å². The lowest BCUT2D eigenvalue weighted by Crippen LogP contribution is -2.10. The van der Waals surface area contributed by atoms with E-state index in [1.807, 2.05) is 6.07 Å². The Bertz CT molecular complexity index is 622. The highest BCUT2D eigenvalue weighted by Gasteiger charge is 2.23. The highest BCUT2D eigenvalue weighted by molar-refractivity contribution is 6.06. The van der Waals surface area contributed by atoms with Crippen molar-refractivity contribution in [2.45, 2.75) is 0 Å². The molecule has 2 aromatic rings. The Balaban J connectivity index is 2.90. The molecule has 5 nitrogen and oxygen atoms in total. The number of hydrogen-bond acceptors (Lipinski definition) is 4. The molecule has 0 bridgehead atoms. The molecule has 0 aliphatic rings. The van der Waals surface area contributed by atoms with Gasteiger partial charge in [-0.3, -0.25) is 0 Å². The second-order valence-electron chi connectivity index (χ2n) is 3.32. The first-order valence-electron chi connectivity index (χ1n) is 4.91. The number of carbonyl (C=O) groups excluding carboxylic acids is 1. The maximum absolute atomic E-state index is 11.7. The third kappa shape index (κ3) is 1.51. The second kappa shape index (κ2) is 4.18. The number of carbonyl (C=O) groups is 1. The van der Waals surface area contributed by atoms with E-state index in [0.29, 0.717) is 10.9 Å². The van der Waals surface area contributed by atoms with Crippen molar-refractivity contribution < 1.29 is 14.4 Å². The average Bonchev–Trinajstić information content (AvgIpc) is 2.71. The van der Waals surface area contributed by atoms with Gasteiger partial charge >= 0.3 is 5.97 Å². The minimum Gasteiger partial charge on any atom is -0.465 e. The van der Waals surface area contributed by atoms with Crippen molar-refractivity contribution >= 4 is 16.9 Å². The molecule has 0 radical (unpaired) electrons. The second-order valence-corrected chi connectivity index (χ2v) is 3.32. The normalized spacial score (nSPS) is 9.94. The van der Waals surface area contributed by atoms with E-state index in [0.717, 1.165) is 0 Å². The molecule has 0 unspecified atom stereocenters. The van der Waals surface area contributed by atoms with E-state index in [2.05, 4.69) is 4.74 Å². The zero-order valence-corrected chi connectivity index (χ0v) is 9.43. The fraction of sp³-hybridized carbons (Fsp3) is 0.167. The van der Waals surface area contributed by atoms with Crippen LogP contribution in [0.1, 0.15) is 16.1 Å². The van der Waals surface area contributed by atoms with Gasteiger partial charge in [-0.25, -0.2) is 4.79 Å². The molecule has 86 valence electrons. The van der Waals surface area contributed by atoms with Crippen molar-refractivity contribution in [2.75, 3.05) is 14.2 Å². The van der Waals surface area contributed by atoms with E-state index >= 15 is 0 Å². The van der Waals surface area contributed by atoms with E-state index in [9.17, 15) is 4.79 Å². The SMILES string of the molecule is COC(=O)c1c(C#N)n(OC)c2ccccc12. The average molecular weight is 230 g/mol. The number of nitriles is 1. The molecular weight excluding hydrogens is 220 g/mol. The molecule has 5 heteroatoms. The number of hydrogen-bond donors (Lipinski definition) is 0. The zero-order chi connectivity index (χ0) is 12.4. The summed E-state index contributed by atoms with van der Waals surface area (Å²) in [5, 5.41) is 9.75. The number of aromatic nitrogens is 1. The Morgan fingerprint density at radius 1 is 1.35 bits per heavy atom. The predicted molar refractivity (Wildman–Crippen MR) is 60.5 cm³/mol. The van der Waals surface area contributed by atoms with Gasteiger partial charge in [0.1, 0.15) is 18.7 Å². The lowest BCUT2D eigenvalue weighted by atomic mass is 10.1. The summed E-state index contributed by atoms with van der Waals surface area (Å²) in [5.74, 6) is -0.548. The lowest BCUT2D eigenvalue weighted by molar-refractivity contribution is 0.0600. The van der Waals surface area contributed by atoms with Gasteiger partial charge in [0.05, 0.1) is 12.6 Å². The van der Waals surface area contributed by atoms with Crippen LogP contribution in [-0.4, -0.2) is 24.9 Å². The molecule has 0 spiro atoms. The molecule has 1 heterocycles. The summed E-state index contributed by atoms with van der Waals surface area (Å²) in [6.07, 6.45) is 0. The molecule has 1 aromatic heterocycles. The van der Waals surface area contributed by atoms with Gasteiger partial charge in [-0.15, -0.1) is 0 Å². The van der Waals surface area contributed by atoms with Gasteiger partial charge in [-0.2, -0.15) is 9.99 Å². The summed E-state index contributed by atoms with van der Waals surface area (Å²) in [4.78, 5) is 16.8. The number of methoxy groups -OCH3 is 1. The van der Waals surface area contributed by atoms with E-state index < -0.39 is 5.97 Å². The molecule has 0 aliphatic heterocycles. The van der Waals surface area contributed by atoms with Gasteiger partial charge in [0.2, 0.25) is 0 Å². The number of fused-ring (bicyclic) bond motifs is 1. The first kappa shape index (κ1) is 11.0. The number of ether oxygens (including phenoxy) is 1. The first-order valence-corrected chi connectivity index (χ1v) is 4.91. The molecule has 17 heavy (non-hydrogen) atoms. The van der Waals surface area contributed by atoms with Crippen molar-refractivity contribution in [3.8, 4) is 6.07 Å². The maximum Gasteiger partial charge on any atom is 0.341 e. The van der Waals surface area contributed by atoms with Crippen molar-refractivity contribution in [1.29, 1.82) is 5.26 Å². The molecule has 0 amide bonds. The lowest BCUT2D eigenvalue weighted by Gasteiger charge is -2.02. The van der Waals surface area contributed by atoms with E-state index in [1.54, 1.807) is 24.3 Å². The fourth-order valence-corrected chi connectivity index (χ4v) is 1.81. The number of para-hydroxylation sites is 1. The summed E-state index contributed by atoms with van der Waals surface area (Å²) in [6, 6.07) is 9.07. The molecule has 0 saturated heterocycles. The van der Waals surface area contributed by atoms with Crippen LogP contribution in [0.2, 0.25) is 0 Å². The van der Waals surface area contributed by atoms with Gasteiger partial charge in [0.25, 0.3) is 0 Å². The Kier molecular flexibility index (Phi) is 2.71. The Morgan fingerprint density at radius 3 is 2.65 bits per heavy atom. The molecular formula is C12H10N2O3. The smallest absolute Gasteiger partial charge is 0.341 e. The third-order valence-corrected chi connectivity index (χ3v) is 2.51. The Hall–Kier alpha value is -2.48. The fourth-order valence-electron chi connectivity index (χ4n) is 1.81. The van der Waals surface area contributed by atoms with Gasteiger partial charge < -0.3 is 9.57 Å². The van der Waals surface area contributed by atoms with Crippen LogP contribution in [0.4, 0.5) is 0 Å². The van der Waals surface area contributed by atoms with Crippen LogP contribution in [-0.2, 0) is 4.74 Å². The van der Waals surface area contributed by atoms with Crippen molar-refractivity contribution in [3.05, 3.63) is 35.5 Å². The third-order valence-electron chi connectivity index (χ3n) is 2.51. The first-order chi connectivity index (χ1) is 8.24. The molecule has 2 rings (SSSR count). The van der Waals surface area contributed by atoms with E-state index in [4.69, 9.17) is 10.1 Å². The van der Waals surface area contributed by atoms with Gasteiger partial charge in [0, 0.05) is 5.39 Å². The Labute approximate surface area is 97.7 Å². The van der Waals surface area contributed by atoms with Crippen LogP contribution >= 0.6 is 0 Å². The standard InChI is InChI=1S/C12H10N2O3/c1-16-12(15)11-8-5-3-4-6-9(8)14(17-2)10(11)7-13/h3-6H,1-2H3. The number of rotatable bonds is 2. The maximum atomic E-state index is 11.7. The number of benzene rings is 1. The van der Waals surface area contributed by atoms with Gasteiger partial charge in [-0.05, 0) is 6.07 Å². The molecule has 0 fully saturated rings. The highest BCUT2D eigenvalue weighted by Crippen LogP contribution is 2.25. The number of esters is 1. The number of nitrogens with zero attached hydrogens (tertiary/aromatic N) is 2. The Morgan fingerprint density at radius 2 is 2.06 bits per heavy atom. The van der Waals surface area contributed by atoms with Gasteiger partial charge in [0.15, 0.2) is 5.69 Å². The summed E-state index contributed by atoms with van der Waals surface area (Å²) < 4.78 is 6.01. The van der Waals surface area contributed by atoms with Crippen LogP contribution in [0.3, 0.4) is 0 Å². The van der Waals surface area contributed by atoms with Crippen molar-refractivity contribution in [1.82, 2.24) is 4.73 Å². The van der Waals surface area contributed by atoms with Crippen LogP contribution < -0.4 is 4.84 Å². The van der Waals surface area contributed by atoms with Gasteiger partial charge in [-0.1, -0.05) is 18.2 Å². The predicted octanol–water partition coefficient (Wildman–Crippen LogP) is 1.36. The monoisotopic (exact) mass is 230 g/mol. The molecule has 1 aromatic carbocycles.